The number of fused-ring (bicyclic) bond motifs is 1. The Morgan fingerprint density at radius 1 is 1.41 bits per heavy atom. The first kappa shape index (κ1) is 18.3. The van der Waals surface area contributed by atoms with E-state index >= 15 is 0 Å². The third-order valence-electron chi connectivity index (χ3n) is 5.64. The van der Waals surface area contributed by atoms with Gasteiger partial charge in [0.15, 0.2) is 0 Å². The van der Waals surface area contributed by atoms with Gasteiger partial charge in [0.05, 0.1) is 21.6 Å². The largest absolute Gasteiger partial charge is 0.477 e. The van der Waals surface area contributed by atoms with Crippen LogP contribution in [0.3, 0.4) is 0 Å². The molecular weight excluding hydrogens is 373 g/mol. The Morgan fingerprint density at radius 3 is 2.67 bits per heavy atom. The van der Waals surface area contributed by atoms with Crippen molar-refractivity contribution in [1.82, 2.24) is 4.57 Å². The van der Waals surface area contributed by atoms with E-state index in [0.717, 1.165) is 25.3 Å². The SMILES string of the molecule is C[C@@H](N)[C@H]1CCN(c2c(F)cc3c(=O)c(C(=O)O)cn(C4CC4)c3c2Cl)C1. The minimum Gasteiger partial charge on any atom is -0.477 e. The zero-order valence-corrected chi connectivity index (χ0v) is 15.7. The zero-order chi connectivity index (χ0) is 19.5. The molecule has 0 radical (unpaired) electrons. The maximum atomic E-state index is 15.0. The van der Waals surface area contributed by atoms with Gasteiger partial charge in [-0.05, 0) is 38.2 Å². The van der Waals surface area contributed by atoms with Crippen molar-refractivity contribution in [2.24, 2.45) is 11.7 Å². The lowest BCUT2D eigenvalue weighted by Crippen LogP contribution is -2.30. The van der Waals surface area contributed by atoms with Crippen LogP contribution in [-0.4, -0.2) is 34.8 Å². The van der Waals surface area contributed by atoms with Crippen molar-refractivity contribution in [3.8, 4) is 0 Å². The predicted molar refractivity (Wildman–Crippen MR) is 102 cm³/mol. The maximum absolute atomic E-state index is 15.0. The van der Waals surface area contributed by atoms with Crippen molar-refractivity contribution in [2.75, 3.05) is 18.0 Å². The average molecular weight is 394 g/mol. The number of benzene rings is 1. The van der Waals surface area contributed by atoms with Crippen molar-refractivity contribution in [1.29, 1.82) is 0 Å². The summed E-state index contributed by atoms with van der Waals surface area (Å²) in [7, 11) is 0. The second-order valence-electron chi connectivity index (χ2n) is 7.59. The van der Waals surface area contributed by atoms with E-state index in [1.54, 1.807) is 4.57 Å². The molecule has 1 aromatic carbocycles. The van der Waals surface area contributed by atoms with Crippen LogP contribution in [0.15, 0.2) is 17.1 Å². The quantitative estimate of drug-likeness (QED) is 0.833. The van der Waals surface area contributed by atoms with Crippen molar-refractivity contribution >= 4 is 34.2 Å². The molecule has 0 bridgehead atoms. The number of nitrogens with zero attached hydrogens (tertiary/aromatic N) is 2. The first-order chi connectivity index (χ1) is 12.8. The Hall–Kier alpha value is -2.12. The molecule has 2 aliphatic rings. The van der Waals surface area contributed by atoms with Gasteiger partial charge in [0, 0.05) is 31.4 Å². The number of aromatic nitrogens is 1. The van der Waals surface area contributed by atoms with Crippen LogP contribution in [0.1, 0.15) is 42.6 Å². The minimum atomic E-state index is -1.32. The summed E-state index contributed by atoms with van der Waals surface area (Å²) in [5.74, 6) is -1.69. The third-order valence-corrected chi connectivity index (χ3v) is 6.00. The van der Waals surface area contributed by atoms with E-state index in [9.17, 15) is 19.1 Å². The summed E-state index contributed by atoms with van der Waals surface area (Å²) in [4.78, 5) is 25.9. The fourth-order valence-corrected chi connectivity index (χ4v) is 4.34. The van der Waals surface area contributed by atoms with Crippen molar-refractivity contribution in [3.05, 3.63) is 38.9 Å². The number of anilines is 1. The summed E-state index contributed by atoms with van der Waals surface area (Å²) >= 11 is 6.62. The number of carboxylic acids is 1. The molecule has 0 spiro atoms. The monoisotopic (exact) mass is 393 g/mol. The van der Waals surface area contributed by atoms with Crippen LogP contribution < -0.4 is 16.1 Å². The van der Waals surface area contributed by atoms with Crippen molar-refractivity contribution in [3.63, 3.8) is 0 Å². The summed E-state index contributed by atoms with van der Waals surface area (Å²) in [6.45, 7) is 3.17. The summed E-state index contributed by atoms with van der Waals surface area (Å²) in [5.41, 5.74) is 5.59. The molecule has 0 amide bonds. The molecule has 6 nitrogen and oxygen atoms in total. The van der Waals surface area contributed by atoms with Gasteiger partial charge < -0.3 is 20.3 Å². The fourth-order valence-electron chi connectivity index (χ4n) is 3.93. The van der Waals surface area contributed by atoms with Crippen molar-refractivity contribution < 1.29 is 14.3 Å². The molecule has 1 saturated heterocycles. The van der Waals surface area contributed by atoms with Gasteiger partial charge in [-0.2, -0.15) is 0 Å². The average Bonchev–Trinajstić information content (AvgIpc) is 3.32. The van der Waals surface area contributed by atoms with Gasteiger partial charge in [-0.25, -0.2) is 9.18 Å². The Morgan fingerprint density at radius 2 is 2.11 bits per heavy atom. The number of aromatic carboxylic acids is 1. The highest BCUT2D eigenvalue weighted by Crippen LogP contribution is 2.43. The van der Waals surface area contributed by atoms with Crippen LogP contribution in [0.25, 0.3) is 10.9 Å². The lowest BCUT2D eigenvalue weighted by Gasteiger charge is -2.24. The van der Waals surface area contributed by atoms with E-state index < -0.39 is 17.2 Å². The number of hydrogen-bond acceptors (Lipinski definition) is 4. The molecule has 8 heteroatoms. The molecule has 144 valence electrons. The van der Waals surface area contributed by atoms with Gasteiger partial charge in [-0.15, -0.1) is 0 Å². The first-order valence-electron chi connectivity index (χ1n) is 9.10. The van der Waals surface area contributed by atoms with Gasteiger partial charge in [0.1, 0.15) is 11.4 Å². The second-order valence-corrected chi connectivity index (χ2v) is 7.96. The molecule has 1 aromatic heterocycles. The first-order valence-corrected chi connectivity index (χ1v) is 9.48. The van der Waals surface area contributed by atoms with Crippen molar-refractivity contribution in [2.45, 2.75) is 38.3 Å². The lowest BCUT2D eigenvalue weighted by molar-refractivity contribution is 0.0695. The molecule has 3 N–H and O–H groups in total. The molecule has 2 aromatic rings. The molecule has 0 unspecified atom stereocenters. The molecule has 27 heavy (non-hydrogen) atoms. The zero-order valence-electron chi connectivity index (χ0n) is 14.9. The summed E-state index contributed by atoms with van der Waals surface area (Å²) in [6.07, 6.45) is 3.93. The number of carboxylic acid groups (broad SMARTS) is 1. The molecule has 1 saturated carbocycles. The molecule has 4 rings (SSSR count). The van der Waals surface area contributed by atoms with Gasteiger partial charge in [0.2, 0.25) is 5.43 Å². The Bertz CT molecular complexity index is 1000. The van der Waals surface area contributed by atoms with Gasteiger partial charge in [0.25, 0.3) is 0 Å². The summed E-state index contributed by atoms with van der Waals surface area (Å²) in [5, 5.41) is 9.51. The summed E-state index contributed by atoms with van der Waals surface area (Å²) < 4.78 is 16.7. The van der Waals surface area contributed by atoms with E-state index in [2.05, 4.69) is 0 Å². The predicted octanol–water partition coefficient (Wildman–Crippen LogP) is 3.00. The molecule has 1 aliphatic carbocycles. The fraction of sp³-hybridized carbons (Fsp3) is 0.474. The highest BCUT2D eigenvalue weighted by Gasteiger charge is 2.32. The summed E-state index contributed by atoms with van der Waals surface area (Å²) in [6, 6.07) is 1.21. The Labute approximate surface area is 160 Å². The highest BCUT2D eigenvalue weighted by molar-refractivity contribution is 6.38. The number of hydrogen-bond donors (Lipinski definition) is 2. The number of rotatable bonds is 4. The Kier molecular flexibility index (Phi) is 4.39. The molecule has 2 atom stereocenters. The van der Waals surface area contributed by atoms with Crippen LogP contribution in [0, 0.1) is 11.7 Å². The molecule has 1 aliphatic heterocycles. The van der Waals surface area contributed by atoms with E-state index in [4.69, 9.17) is 17.3 Å². The van der Waals surface area contributed by atoms with Crippen LogP contribution in [-0.2, 0) is 0 Å². The smallest absolute Gasteiger partial charge is 0.341 e. The third kappa shape index (κ3) is 2.99. The number of carbonyl (C=O) groups is 1. The Balaban J connectivity index is 1.94. The second kappa shape index (κ2) is 6.49. The van der Waals surface area contributed by atoms with Gasteiger partial charge >= 0.3 is 5.97 Å². The van der Waals surface area contributed by atoms with Crippen LogP contribution >= 0.6 is 11.6 Å². The van der Waals surface area contributed by atoms with E-state index in [1.165, 1.54) is 6.20 Å². The number of nitrogens with two attached hydrogens (primary N) is 1. The van der Waals surface area contributed by atoms with Crippen LogP contribution in [0.5, 0.6) is 0 Å². The highest BCUT2D eigenvalue weighted by atomic mass is 35.5. The minimum absolute atomic E-state index is 0.0000578. The van der Waals surface area contributed by atoms with Gasteiger partial charge in [-0.1, -0.05) is 11.6 Å². The van der Waals surface area contributed by atoms with Gasteiger partial charge in [-0.3, -0.25) is 4.79 Å². The van der Waals surface area contributed by atoms with E-state index in [0.29, 0.717) is 18.6 Å². The maximum Gasteiger partial charge on any atom is 0.341 e. The standard InChI is InChI=1S/C19H21ClFN3O3/c1-9(22)10-4-5-23(7-10)17-14(21)6-12-16(15(17)20)24(11-2-3-11)8-13(18(12)25)19(26)27/h6,8-11H,2-5,7,22H2,1H3,(H,26,27)/t9-,10+/m1/s1. The van der Waals surface area contributed by atoms with Crippen LogP contribution in [0.4, 0.5) is 10.1 Å². The van der Waals surface area contributed by atoms with Crippen LogP contribution in [0.2, 0.25) is 5.02 Å². The topological polar surface area (TPSA) is 88.6 Å². The molecule has 2 fully saturated rings. The molecular formula is C19H21ClFN3O3. The van der Waals surface area contributed by atoms with E-state index in [-0.39, 0.29) is 39.7 Å². The lowest BCUT2D eigenvalue weighted by atomic mass is 10.0. The van der Waals surface area contributed by atoms with E-state index in [1.807, 2.05) is 11.8 Å². The molecule has 2 heterocycles. The number of halogens is 2. The normalized spacial score (nSPS) is 21.0. The number of pyridine rings is 1.